The molecule has 3 saturated carbocycles. The van der Waals surface area contributed by atoms with Crippen LogP contribution in [0.25, 0.3) is 10.9 Å². The second kappa shape index (κ2) is 7.48. The lowest BCUT2D eigenvalue weighted by Crippen LogP contribution is -2.67. The Labute approximate surface area is 204 Å². The minimum atomic E-state index is -0.507. The number of rotatable bonds is 5. The van der Waals surface area contributed by atoms with Gasteiger partial charge in [-0.2, -0.15) is 0 Å². The number of anilines is 1. The third kappa shape index (κ3) is 3.51. The van der Waals surface area contributed by atoms with Gasteiger partial charge >= 0.3 is 11.9 Å². The molecule has 7 nitrogen and oxygen atoms in total. The van der Waals surface area contributed by atoms with Crippen LogP contribution in [0.3, 0.4) is 0 Å². The lowest BCUT2D eigenvalue weighted by molar-refractivity contribution is -0.236. The molecule has 1 aromatic carbocycles. The molecule has 6 rings (SSSR count). The molecule has 182 valence electrons. The Balaban J connectivity index is 1.39. The second-order valence-electron chi connectivity index (χ2n) is 11.5. The van der Waals surface area contributed by atoms with Gasteiger partial charge in [-0.15, -0.1) is 11.6 Å². The number of fused-ring (bicyclic) bond motifs is 3. The van der Waals surface area contributed by atoms with Crippen LogP contribution in [0.2, 0.25) is 0 Å². The largest absolute Gasteiger partial charge is 0.460 e. The highest BCUT2D eigenvalue weighted by Gasteiger charge is 2.72. The average molecular weight is 487 g/mol. The summed E-state index contributed by atoms with van der Waals surface area (Å²) in [6.45, 7) is 9.48. The van der Waals surface area contributed by atoms with Crippen LogP contribution in [0.1, 0.15) is 70.4 Å². The van der Waals surface area contributed by atoms with Crippen molar-refractivity contribution in [3.05, 3.63) is 23.4 Å². The van der Waals surface area contributed by atoms with Gasteiger partial charge in [-0.05, 0) is 63.5 Å². The summed E-state index contributed by atoms with van der Waals surface area (Å²) in [5.74, 6) is 0.254. The normalized spacial score (nSPS) is 27.1. The number of aryl methyl sites for hydroxylation is 1. The minimum Gasteiger partial charge on any atom is -0.460 e. The number of nitrogens with one attached hydrogen (secondary N) is 1. The summed E-state index contributed by atoms with van der Waals surface area (Å²) in [6, 6.07) is 1.78. The first-order chi connectivity index (χ1) is 15.9. The van der Waals surface area contributed by atoms with Gasteiger partial charge in [0, 0.05) is 49.3 Å². The number of hydrogen-bond acceptors (Lipinski definition) is 5. The van der Waals surface area contributed by atoms with Crippen LogP contribution >= 0.6 is 11.6 Å². The molecular weight excluding hydrogens is 456 g/mol. The van der Waals surface area contributed by atoms with Gasteiger partial charge in [0.15, 0.2) is 5.75 Å². The van der Waals surface area contributed by atoms with Crippen LogP contribution in [0.4, 0.5) is 5.69 Å². The molecule has 3 fully saturated rings. The Hall–Kier alpha value is -2.54. The summed E-state index contributed by atoms with van der Waals surface area (Å²) in [6.07, 6.45) is 4.38. The summed E-state index contributed by atoms with van der Waals surface area (Å²) in [7, 11) is 0. The first-order valence-electron chi connectivity index (χ1n) is 11.8. The molecule has 2 aromatic rings. The molecule has 1 aliphatic heterocycles. The molecule has 1 amide bonds. The van der Waals surface area contributed by atoms with Gasteiger partial charge < -0.3 is 19.4 Å². The summed E-state index contributed by atoms with van der Waals surface area (Å²) >= 11 is 6.35. The smallest absolute Gasteiger partial charge is 0.312 e. The number of esters is 2. The van der Waals surface area contributed by atoms with Crippen molar-refractivity contribution in [3.8, 4) is 5.75 Å². The molecule has 1 atom stereocenters. The quantitative estimate of drug-likeness (QED) is 0.366. The van der Waals surface area contributed by atoms with E-state index in [4.69, 9.17) is 21.1 Å². The molecule has 8 heteroatoms. The Kier molecular flexibility index (Phi) is 5.11. The van der Waals surface area contributed by atoms with E-state index in [9.17, 15) is 14.4 Å². The third-order valence-corrected chi connectivity index (χ3v) is 7.85. The second-order valence-corrected chi connectivity index (χ2v) is 11.8. The van der Waals surface area contributed by atoms with Gasteiger partial charge in [0.05, 0.1) is 16.6 Å². The Bertz CT molecular complexity index is 1200. The van der Waals surface area contributed by atoms with E-state index in [1.54, 1.807) is 11.0 Å². The predicted molar refractivity (Wildman–Crippen MR) is 129 cm³/mol. The number of halogens is 1. The van der Waals surface area contributed by atoms with E-state index in [0.717, 1.165) is 27.7 Å². The van der Waals surface area contributed by atoms with Crippen molar-refractivity contribution in [1.82, 2.24) is 4.98 Å². The number of carbonyl (C=O) groups is 3. The molecule has 1 N–H and O–H groups in total. The number of H-pyrrole nitrogens is 1. The maximum Gasteiger partial charge on any atom is 0.312 e. The van der Waals surface area contributed by atoms with E-state index < -0.39 is 17.0 Å². The van der Waals surface area contributed by atoms with Crippen LogP contribution < -0.4 is 9.64 Å². The summed E-state index contributed by atoms with van der Waals surface area (Å²) < 4.78 is 11.1. The van der Waals surface area contributed by atoms with E-state index in [1.807, 2.05) is 33.9 Å². The molecular formula is C26H31ClN2O5. The number of aromatic amines is 1. The van der Waals surface area contributed by atoms with Crippen molar-refractivity contribution < 1.29 is 23.9 Å². The number of ether oxygens (including phenoxy) is 2. The Morgan fingerprint density at radius 2 is 1.91 bits per heavy atom. The summed E-state index contributed by atoms with van der Waals surface area (Å²) in [4.78, 5) is 42.9. The molecule has 4 aliphatic rings. The van der Waals surface area contributed by atoms with Crippen molar-refractivity contribution >= 4 is 46.0 Å². The maximum absolute atomic E-state index is 13.5. The lowest BCUT2D eigenvalue weighted by atomic mass is 9.34. The fourth-order valence-electron chi connectivity index (χ4n) is 6.31. The Morgan fingerprint density at radius 1 is 1.24 bits per heavy atom. The number of hydrogen-bond donors (Lipinski definition) is 1. The van der Waals surface area contributed by atoms with Crippen molar-refractivity contribution in [3.63, 3.8) is 0 Å². The number of nitrogens with zero attached hydrogens (tertiary/aromatic N) is 1. The van der Waals surface area contributed by atoms with Crippen LogP contribution in [0.15, 0.2) is 12.3 Å². The van der Waals surface area contributed by atoms with Crippen molar-refractivity contribution in [2.45, 2.75) is 71.8 Å². The SMILES string of the molecule is CC(=O)Oc1cc2c(c3c(C)c[nH]c13)[C@H](CCl)CN2C(=O)CC12CC(C(=O)OC(C)(C)C)(C1)C2. The van der Waals surface area contributed by atoms with E-state index in [0.29, 0.717) is 43.9 Å². The zero-order chi connectivity index (χ0) is 24.6. The molecule has 0 saturated heterocycles. The number of amides is 1. The molecule has 0 unspecified atom stereocenters. The number of aromatic nitrogens is 1. The van der Waals surface area contributed by atoms with E-state index in [2.05, 4.69) is 4.98 Å². The zero-order valence-corrected chi connectivity index (χ0v) is 21.1. The van der Waals surface area contributed by atoms with Crippen molar-refractivity contribution in [1.29, 1.82) is 0 Å². The van der Waals surface area contributed by atoms with Crippen LogP contribution in [-0.4, -0.2) is 40.9 Å². The molecule has 1 aromatic heterocycles. The standard InChI is InChI=1S/C26H31ClN2O5/c1-14-9-28-22-18(33-15(2)30)6-17-21(20(14)22)16(8-27)10-29(17)19(31)7-25-11-26(12-25,13-25)23(32)34-24(3,4)5/h6,9,16,28H,7-8,10-13H2,1-5H3/t16-,25?,26?/m1/s1. The van der Waals surface area contributed by atoms with E-state index in [-0.39, 0.29) is 23.2 Å². The molecule has 0 radical (unpaired) electrons. The number of benzene rings is 1. The zero-order valence-electron chi connectivity index (χ0n) is 20.3. The van der Waals surface area contributed by atoms with Crippen LogP contribution in [0, 0.1) is 17.8 Å². The number of carbonyl (C=O) groups excluding carboxylic acids is 3. The first-order valence-corrected chi connectivity index (χ1v) is 12.3. The lowest BCUT2D eigenvalue weighted by Gasteiger charge is -2.69. The Morgan fingerprint density at radius 3 is 2.50 bits per heavy atom. The van der Waals surface area contributed by atoms with E-state index >= 15 is 0 Å². The van der Waals surface area contributed by atoms with Gasteiger partial charge in [0.25, 0.3) is 0 Å². The first kappa shape index (κ1) is 23.2. The molecule has 2 bridgehead atoms. The highest BCUT2D eigenvalue weighted by molar-refractivity contribution is 6.19. The highest BCUT2D eigenvalue weighted by atomic mass is 35.5. The maximum atomic E-state index is 13.5. The minimum absolute atomic E-state index is 0.00914. The summed E-state index contributed by atoms with van der Waals surface area (Å²) in [5.41, 5.74) is 2.50. The average Bonchev–Trinajstić information content (AvgIpc) is 3.22. The molecule has 3 aliphatic carbocycles. The number of alkyl halides is 1. The fourth-order valence-corrected chi connectivity index (χ4v) is 6.57. The fraction of sp³-hybridized carbons (Fsp3) is 0.577. The topological polar surface area (TPSA) is 88.7 Å². The summed E-state index contributed by atoms with van der Waals surface area (Å²) in [5, 5.41) is 0.962. The predicted octanol–water partition coefficient (Wildman–Crippen LogP) is 4.97. The molecule has 2 heterocycles. The third-order valence-electron chi connectivity index (χ3n) is 7.48. The van der Waals surface area contributed by atoms with Crippen molar-refractivity contribution in [2.75, 3.05) is 17.3 Å². The molecule has 0 spiro atoms. The van der Waals surface area contributed by atoms with Gasteiger partial charge in [0.2, 0.25) is 5.91 Å². The molecule has 34 heavy (non-hydrogen) atoms. The van der Waals surface area contributed by atoms with Gasteiger partial charge in [-0.1, -0.05) is 0 Å². The monoisotopic (exact) mass is 486 g/mol. The van der Waals surface area contributed by atoms with E-state index in [1.165, 1.54) is 6.92 Å². The van der Waals surface area contributed by atoms with Crippen LogP contribution in [0.5, 0.6) is 5.75 Å². The van der Waals surface area contributed by atoms with Gasteiger partial charge in [-0.3, -0.25) is 14.4 Å². The van der Waals surface area contributed by atoms with Gasteiger partial charge in [-0.25, -0.2) is 0 Å². The highest BCUT2D eigenvalue weighted by Crippen LogP contribution is 2.75. The van der Waals surface area contributed by atoms with Crippen LogP contribution in [-0.2, 0) is 19.1 Å². The van der Waals surface area contributed by atoms with Gasteiger partial charge in [0.1, 0.15) is 5.60 Å². The van der Waals surface area contributed by atoms with Crippen molar-refractivity contribution in [2.24, 2.45) is 10.8 Å².